The van der Waals surface area contributed by atoms with Gasteiger partial charge in [-0.2, -0.15) is 0 Å². The summed E-state index contributed by atoms with van der Waals surface area (Å²) in [6, 6.07) is 5.27. The molecule has 0 saturated heterocycles. The number of nitrogens with zero attached hydrogens (tertiary/aromatic N) is 5. The number of aromatic nitrogens is 4. The fraction of sp³-hybridized carbons (Fsp3) is 0.267. The summed E-state index contributed by atoms with van der Waals surface area (Å²) >= 11 is 1.28. The van der Waals surface area contributed by atoms with E-state index < -0.39 is 4.92 Å². The molecule has 0 bridgehead atoms. The maximum absolute atomic E-state index is 11.0. The molecule has 0 fully saturated rings. The van der Waals surface area contributed by atoms with Gasteiger partial charge in [-0.05, 0) is 23.5 Å². The van der Waals surface area contributed by atoms with Crippen molar-refractivity contribution in [2.75, 3.05) is 5.75 Å². The van der Waals surface area contributed by atoms with Crippen molar-refractivity contribution in [2.45, 2.75) is 25.6 Å². The summed E-state index contributed by atoms with van der Waals surface area (Å²) in [6.07, 6.45) is 1.24. The molecule has 2 heterocycles. The summed E-state index contributed by atoms with van der Waals surface area (Å²) in [5.41, 5.74) is 1.19. The lowest BCUT2D eigenvalue weighted by atomic mass is 10.1. The lowest BCUT2D eigenvalue weighted by molar-refractivity contribution is -0.392. The van der Waals surface area contributed by atoms with Crippen molar-refractivity contribution in [2.24, 2.45) is 0 Å². The number of hydrogen-bond donors (Lipinski definition) is 1. The fourth-order valence-electron chi connectivity index (χ4n) is 2.31. The lowest BCUT2D eigenvalue weighted by Crippen LogP contribution is -2.06. The number of thioether (sulfide) groups is 1. The van der Waals surface area contributed by atoms with Crippen LogP contribution >= 0.6 is 11.8 Å². The first kappa shape index (κ1) is 17.0. The van der Waals surface area contributed by atoms with Gasteiger partial charge in [-0.1, -0.05) is 23.9 Å². The van der Waals surface area contributed by atoms with Crippen LogP contribution in [0.25, 0.3) is 11.5 Å². The maximum Gasteiger partial charge on any atom is 0.342 e. The van der Waals surface area contributed by atoms with Gasteiger partial charge in [0.15, 0.2) is 5.82 Å². The second-order valence-corrected chi connectivity index (χ2v) is 6.31. The highest BCUT2D eigenvalue weighted by Crippen LogP contribution is 2.32. The van der Waals surface area contributed by atoms with Gasteiger partial charge >= 0.3 is 5.82 Å². The molecule has 3 rings (SSSR count). The molecular weight excluding hydrogens is 346 g/mol. The van der Waals surface area contributed by atoms with Gasteiger partial charge < -0.3 is 19.6 Å². The molecule has 0 amide bonds. The Morgan fingerprint density at radius 2 is 2.16 bits per heavy atom. The molecular formula is C15H15N5O4S. The van der Waals surface area contributed by atoms with Crippen molar-refractivity contribution >= 4 is 17.6 Å². The number of phenols is 1. The van der Waals surface area contributed by atoms with Crippen LogP contribution in [0.2, 0.25) is 0 Å². The smallest absolute Gasteiger partial charge is 0.342 e. The summed E-state index contributed by atoms with van der Waals surface area (Å²) in [5, 5.41) is 29.2. The van der Waals surface area contributed by atoms with Gasteiger partial charge in [0.2, 0.25) is 0 Å². The van der Waals surface area contributed by atoms with Crippen molar-refractivity contribution in [3.05, 3.63) is 45.9 Å². The van der Waals surface area contributed by atoms with Crippen LogP contribution in [0, 0.1) is 24.0 Å². The molecule has 0 atom stereocenters. The molecule has 0 unspecified atom stereocenters. The van der Waals surface area contributed by atoms with E-state index in [1.165, 1.54) is 22.5 Å². The zero-order valence-electron chi connectivity index (χ0n) is 13.5. The average molecular weight is 361 g/mol. The maximum atomic E-state index is 11.0. The fourth-order valence-corrected chi connectivity index (χ4v) is 3.00. The molecule has 25 heavy (non-hydrogen) atoms. The van der Waals surface area contributed by atoms with E-state index in [0.717, 1.165) is 0 Å². The number of benzene rings is 1. The zero-order chi connectivity index (χ0) is 18.0. The second-order valence-electron chi connectivity index (χ2n) is 5.27. The SMILES string of the molecule is Cc1cccc(-c2nnc(SCCn3c([N+](=O)[O-])cnc3C)o2)c1O. The number of aromatic hydroxyl groups is 1. The highest BCUT2D eigenvalue weighted by Gasteiger charge is 2.18. The highest BCUT2D eigenvalue weighted by molar-refractivity contribution is 7.99. The van der Waals surface area contributed by atoms with Gasteiger partial charge in [0.05, 0.1) is 5.56 Å². The summed E-state index contributed by atoms with van der Waals surface area (Å²) in [5.74, 6) is 1.36. The van der Waals surface area contributed by atoms with E-state index in [-0.39, 0.29) is 17.5 Å². The first-order valence-corrected chi connectivity index (χ1v) is 8.37. The molecule has 3 aromatic rings. The van der Waals surface area contributed by atoms with E-state index in [4.69, 9.17) is 4.42 Å². The average Bonchev–Trinajstić information content (AvgIpc) is 3.18. The van der Waals surface area contributed by atoms with Gasteiger partial charge in [-0.25, -0.2) is 9.55 Å². The van der Waals surface area contributed by atoms with E-state index in [1.54, 1.807) is 32.0 Å². The Labute approximate surface area is 146 Å². The van der Waals surface area contributed by atoms with Gasteiger partial charge in [0.25, 0.3) is 11.1 Å². The van der Waals surface area contributed by atoms with Crippen molar-refractivity contribution in [1.82, 2.24) is 19.7 Å². The van der Waals surface area contributed by atoms with Crippen molar-refractivity contribution < 1.29 is 14.4 Å². The van der Waals surface area contributed by atoms with Gasteiger partial charge in [-0.15, -0.1) is 10.2 Å². The Hall–Kier alpha value is -2.88. The van der Waals surface area contributed by atoms with Crippen molar-refractivity contribution in [3.63, 3.8) is 0 Å². The van der Waals surface area contributed by atoms with Crippen LogP contribution in [0.1, 0.15) is 11.4 Å². The van der Waals surface area contributed by atoms with Crippen LogP contribution in [0.3, 0.4) is 0 Å². The molecule has 0 aliphatic heterocycles. The number of phenolic OH excluding ortho intramolecular Hbond substituents is 1. The van der Waals surface area contributed by atoms with Gasteiger partial charge in [0.1, 0.15) is 18.5 Å². The number of nitro groups is 1. The first-order valence-electron chi connectivity index (χ1n) is 7.39. The number of aryl methyl sites for hydroxylation is 2. The first-order chi connectivity index (χ1) is 12.0. The highest BCUT2D eigenvalue weighted by atomic mass is 32.2. The third-order valence-electron chi connectivity index (χ3n) is 3.64. The molecule has 0 saturated carbocycles. The van der Waals surface area contributed by atoms with E-state index in [2.05, 4.69) is 15.2 Å². The molecule has 10 heteroatoms. The molecule has 0 radical (unpaired) electrons. The minimum Gasteiger partial charge on any atom is -0.507 e. The number of para-hydroxylation sites is 1. The zero-order valence-corrected chi connectivity index (χ0v) is 14.4. The Kier molecular flexibility index (Phi) is 4.70. The van der Waals surface area contributed by atoms with E-state index in [9.17, 15) is 15.2 Å². The molecule has 9 nitrogen and oxygen atoms in total. The predicted octanol–water partition coefficient (Wildman–Crippen LogP) is 2.96. The third kappa shape index (κ3) is 3.48. The lowest BCUT2D eigenvalue weighted by Gasteiger charge is -2.02. The molecule has 0 aliphatic carbocycles. The standard InChI is InChI=1S/C15H15N5O4S/c1-9-4-3-5-11(13(9)21)14-17-18-15(24-14)25-7-6-19-10(2)16-8-12(19)20(22)23/h3-5,8,21H,6-7H2,1-2H3. The predicted molar refractivity (Wildman–Crippen MR) is 90.5 cm³/mol. The third-order valence-corrected chi connectivity index (χ3v) is 4.43. The van der Waals surface area contributed by atoms with Crippen molar-refractivity contribution in [3.8, 4) is 17.2 Å². The minimum absolute atomic E-state index is 0.0472. The quantitative estimate of drug-likeness (QED) is 0.404. The molecule has 1 N–H and O–H groups in total. The van der Waals surface area contributed by atoms with Gasteiger partial charge in [-0.3, -0.25) is 0 Å². The van der Waals surface area contributed by atoms with Crippen LogP contribution < -0.4 is 0 Å². The Morgan fingerprint density at radius 1 is 1.36 bits per heavy atom. The van der Waals surface area contributed by atoms with Crippen LogP contribution in [0.5, 0.6) is 5.75 Å². The van der Waals surface area contributed by atoms with E-state index in [0.29, 0.717) is 34.5 Å². The Morgan fingerprint density at radius 3 is 2.92 bits per heavy atom. The monoisotopic (exact) mass is 361 g/mol. The van der Waals surface area contributed by atoms with Crippen LogP contribution in [-0.2, 0) is 6.54 Å². The molecule has 0 aliphatic rings. The number of rotatable bonds is 6. The molecule has 2 aromatic heterocycles. The Bertz CT molecular complexity index is 921. The molecule has 130 valence electrons. The normalized spacial score (nSPS) is 11.0. The number of hydrogen-bond acceptors (Lipinski definition) is 8. The number of imidazole rings is 1. The van der Waals surface area contributed by atoms with Crippen molar-refractivity contribution in [1.29, 1.82) is 0 Å². The minimum atomic E-state index is -0.462. The van der Waals surface area contributed by atoms with Gasteiger partial charge in [0, 0.05) is 12.7 Å². The van der Waals surface area contributed by atoms with E-state index in [1.807, 2.05) is 0 Å². The summed E-state index contributed by atoms with van der Waals surface area (Å²) in [6.45, 7) is 3.88. The van der Waals surface area contributed by atoms with Crippen LogP contribution in [0.15, 0.2) is 34.0 Å². The Balaban J connectivity index is 1.68. The second kappa shape index (κ2) is 6.93. The summed E-state index contributed by atoms with van der Waals surface area (Å²) in [7, 11) is 0. The largest absolute Gasteiger partial charge is 0.507 e. The molecule has 1 aromatic carbocycles. The van der Waals surface area contributed by atoms with Crippen LogP contribution in [-0.4, -0.2) is 35.5 Å². The van der Waals surface area contributed by atoms with E-state index >= 15 is 0 Å². The summed E-state index contributed by atoms with van der Waals surface area (Å²) < 4.78 is 7.08. The van der Waals surface area contributed by atoms with Crippen LogP contribution in [0.4, 0.5) is 5.82 Å². The summed E-state index contributed by atoms with van der Waals surface area (Å²) in [4.78, 5) is 14.5. The topological polar surface area (TPSA) is 120 Å². The molecule has 0 spiro atoms.